The Kier molecular flexibility index (Phi) is 7.43. The van der Waals surface area contributed by atoms with Gasteiger partial charge in [0.1, 0.15) is 5.82 Å². The third-order valence-corrected chi connectivity index (χ3v) is 4.26. The predicted octanol–water partition coefficient (Wildman–Crippen LogP) is 0.854. The highest BCUT2D eigenvalue weighted by Gasteiger charge is 2.16. The van der Waals surface area contributed by atoms with E-state index in [0.717, 1.165) is 12.3 Å². The number of sulfonamides is 1. The number of hydrogen-bond acceptors (Lipinski definition) is 4. The van der Waals surface area contributed by atoms with Crippen LogP contribution in [0.4, 0.5) is 4.39 Å². The third-order valence-electron chi connectivity index (χ3n) is 2.96. The molecular weight excluding hydrogens is 311 g/mol. The maximum absolute atomic E-state index is 13.0. The Bertz CT molecular complexity index is 592. The van der Waals surface area contributed by atoms with Crippen LogP contribution < -0.4 is 5.32 Å². The molecule has 1 amide bonds. The minimum absolute atomic E-state index is 0.148. The van der Waals surface area contributed by atoms with Crippen LogP contribution in [-0.2, 0) is 14.8 Å². The molecule has 0 unspecified atom stereocenters. The van der Waals surface area contributed by atoms with Crippen molar-refractivity contribution in [1.82, 2.24) is 9.62 Å². The second-order valence-electron chi connectivity index (χ2n) is 4.77. The number of nitrogens with zero attached hydrogens (tertiary/aromatic N) is 1. The van der Waals surface area contributed by atoms with Crippen LogP contribution in [0.5, 0.6) is 0 Å². The first kappa shape index (κ1) is 18.5. The lowest BCUT2D eigenvalue weighted by Crippen LogP contribution is -2.38. The van der Waals surface area contributed by atoms with Crippen LogP contribution in [-0.4, -0.2) is 58.2 Å². The largest absolute Gasteiger partial charge is 0.385 e. The standard InChI is InChI=1S/C14H21FN2O4S/c1-21-10-4-8-17(22(2,19)20)9-7-16-14(18)12-5-3-6-13(15)11-12/h3,5-6,11H,4,7-10H2,1-2H3,(H,16,18). The molecule has 0 aromatic heterocycles. The van der Waals surface area contributed by atoms with Crippen molar-refractivity contribution < 1.29 is 22.3 Å². The lowest BCUT2D eigenvalue weighted by atomic mass is 10.2. The van der Waals surface area contributed by atoms with Crippen molar-refractivity contribution in [3.05, 3.63) is 35.6 Å². The van der Waals surface area contributed by atoms with Gasteiger partial charge in [0.15, 0.2) is 0 Å². The van der Waals surface area contributed by atoms with Crippen LogP contribution in [0.1, 0.15) is 16.8 Å². The van der Waals surface area contributed by atoms with Crippen molar-refractivity contribution in [1.29, 1.82) is 0 Å². The second kappa shape index (κ2) is 8.82. The number of halogens is 1. The molecule has 8 heteroatoms. The lowest BCUT2D eigenvalue weighted by molar-refractivity contribution is 0.0950. The van der Waals surface area contributed by atoms with E-state index in [9.17, 15) is 17.6 Å². The van der Waals surface area contributed by atoms with Gasteiger partial charge in [-0.05, 0) is 24.6 Å². The van der Waals surface area contributed by atoms with Crippen LogP contribution in [0.3, 0.4) is 0 Å². The molecule has 0 fully saturated rings. The lowest BCUT2D eigenvalue weighted by Gasteiger charge is -2.19. The average molecular weight is 332 g/mol. The van der Waals surface area contributed by atoms with Gasteiger partial charge in [-0.15, -0.1) is 0 Å². The number of hydrogen-bond donors (Lipinski definition) is 1. The summed E-state index contributed by atoms with van der Waals surface area (Å²) in [4.78, 5) is 11.8. The summed E-state index contributed by atoms with van der Waals surface area (Å²) >= 11 is 0. The van der Waals surface area contributed by atoms with Gasteiger partial charge in [0, 0.05) is 38.9 Å². The van der Waals surface area contributed by atoms with Gasteiger partial charge in [-0.2, -0.15) is 0 Å². The third kappa shape index (κ3) is 6.50. The van der Waals surface area contributed by atoms with Crippen molar-refractivity contribution >= 4 is 15.9 Å². The van der Waals surface area contributed by atoms with Gasteiger partial charge in [-0.3, -0.25) is 4.79 Å². The first-order valence-electron chi connectivity index (χ1n) is 6.82. The normalized spacial score (nSPS) is 11.6. The number of methoxy groups -OCH3 is 1. The summed E-state index contributed by atoms with van der Waals surface area (Å²) in [6.45, 7) is 1.09. The Morgan fingerprint density at radius 2 is 2.09 bits per heavy atom. The Balaban J connectivity index is 2.50. The number of carbonyl (C=O) groups is 1. The van der Waals surface area contributed by atoms with Crippen LogP contribution in [0.2, 0.25) is 0 Å². The summed E-state index contributed by atoms with van der Waals surface area (Å²) < 4.78 is 42.5. The summed E-state index contributed by atoms with van der Waals surface area (Å²) in [6.07, 6.45) is 1.69. The van der Waals surface area contributed by atoms with Crippen LogP contribution in [0.15, 0.2) is 24.3 Å². The number of rotatable bonds is 9. The first-order valence-corrected chi connectivity index (χ1v) is 8.67. The molecule has 1 N–H and O–H groups in total. The number of benzene rings is 1. The molecule has 1 rings (SSSR count). The molecule has 22 heavy (non-hydrogen) atoms. The van der Waals surface area contributed by atoms with E-state index in [0.29, 0.717) is 19.6 Å². The van der Waals surface area contributed by atoms with Gasteiger partial charge >= 0.3 is 0 Å². The van der Waals surface area contributed by atoms with Crippen molar-refractivity contribution in [2.75, 3.05) is 39.6 Å². The summed E-state index contributed by atoms with van der Waals surface area (Å²) in [6, 6.07) is 5.31. The van der Waals surface area contributed by atoms with Gasteiger partial charge in [0.2, 0.25) is 10.0 Å². The average Bonchev–Trinajstić information content (AvgIpc) is 2.44. The van der Waals surface area contributed by atoms with E-state index >= 15 is 0 Å². The van der Waals surface area contributed by atoms with E-state index in [2.05, 4.69) is 5.32 Å². The van der Waals surface area contributed by atoms with Gasteiger partial charge in [-0.25, -0.2) is 17.1 Å². The molecular formula is C14H21FN2O4S. The van der Waals surface area contributed by atoms with Gasteiger partial charge < -0.3 is 10.1 Å². The van der Waals surface area contributed by atoms with E-state index in [-0.39, 0.29) is 18.7 Å². The van der Waals surface area contributed by atoms with Gasteiger partial charge in [-0.1, -0.05) is 6.07 Å². The van der Waals surface area contributed by atoms with E-state index in [1.807, 2.05) is 0 Å². The molecule has 0 saturated carbocycles. The van der Waals surface area contributed by atoms with Crippen molar-refractivity contribution in [2.24, 2.45) is 0 Å². The molecule has 0 atom stereocenters. The van der Waals surface area contributed by atoms with E-state index in [1.165, 1.54) is 22.5 Å². The van der Waals surface area contributed by atoms with Crippen LogP contribution >= 0.6 is 0 Å². The van der Waals surface area contributed by atoms with Crippen molar-refractivity contribution in [3.63, 3.8) is 0 Å². The topological polar surface area (TPSA) is 75.7 Å². The highest BCUT2D eigenvalue weighted by molar-refractivity contribution is 7.88. The van der Waals surface area contributed by atoms with Gasteiger partial charge in [0.25, 0.3) is 5.91 Å². The molecule has 0 radical (unpaired) electrons. The van der Waals surface area contributed by atoms with Crippen LogP contribution in [0.25, 0.3) is 0 Å². The summed E-state index contributed by atoms with van der Waals surface area (Å²) in [7, 11) is -1.80. The summed E-state index contributed by atoms with van der Waals surface area (Å²) in [5, 5.41) is 2.58. The van der Waals surface area contributed by atoms with E-state index in [4.69, 9.17) is 4.74 Å². The molecule has 0 heterocycles. The fourth-order valence-corrected chi connectivity index (χ4v) is 2.74. The zero-order chi connectivity index (χ0) is 16.6. The fourth-order valence-electron chi connectivity index (χ4n) is 1.85. The second-order valence-corrected chi connectivity index (χ2v) is 6.76. The minimum Gasteiger partial charge on any atom is -0.385 e. The summed E-state index contributed by atoms with van der Waals surface area (Å²) in [5.74, 6) is -0.935. The van der Waals surface area contributed by atoms with Crippen molar-refractivity contribution in [3.8, 4) is 0 Å². The quantitative estimate of drug-likeness (QED) is 0.681. The summed E-state index contributed by atoms with van der Waals surface area (Å²) in [5.41, 5.74) is 0.199. The molecule has 0 spiro atoms. The Hall–Kier alpha value is -1.51. The van der Waals surface area contributed by atoms with E-state index < -0.39 is 21.7 Å². The zero-order valence-corrected chi connectivity index (χ0v) is 13.5. The number of carbonyl (C=O) groups excluding carboxylic acids is 1. The first-order chi connectivity index (χ1) is 10.3. The Morgan fingerprint density at radius 1 is 1.36 bits per heavy atom. The molecule has 0 aliphatic heterocycles. The highest BCUT2D eigenvalue weighted by Crippen LogP contribution is 2.03. The smallest absolute Gasteiger partial charge is 0.251 e. The SMILES string of the molecule is COCCCN(CCNC(=O)c1cccc(F)c1)S(C)(=O)=O. The molecule has 1 aromatic rings. The van der Waals surface area contributed by atoms with Crippen LogP contribution in [0, 0.1) is 5.82 Å². The maximum atomic E-state index is 13.0. The molecule has 0 aliphatic carbocycles. The Morgan fingerprint density at radius 3 is 2.68 bits per heavy atom. The fraction of sp³-hybridized carbons (Fsp3) is 0.500. The molecule has 0 aliphatic rings. The predicted molar refractivity (Wildman–Crippen MR) is 81.6 cm³/mol. The minimum atomic E-state index is -3.35. The Labute approximate surface area is 130 Å². The molecule has 6 nitrogen and oxygen atoms in total. The van der Waals surface area contributed by atoms with E-state index in [1.54, 1.807) is 7.11 Å². The monoisotopic (exact) mass is 332 g/mol. The van der Waals surface area contributed by atoms with Gasteiger partial charge in [0.05, 0.1) is 6.26 Å². The molecule has 1 aromatic carbocycles. The number of amides is 1. The zero-order valence-electron chi connectivity index (χ0n) is 12.7. The molecule has 124 valence electrons. The molecule has 0 saturated heterocycles. The highest BCUT2D eigenvalue weighted by atomic mass is 32.2. The number of nitrogens with one attached hydrogen (secondary N) is 1. The maximum Gasteiger partial charge on any atom is 0.251 e. The number of ether oxygens (including phenoxy) is 1. The van der Waals surface area contributed by atoms with Crippen molar-refractivity contribution in [2.45, 2.75) is 6.42 Å². The molecule has 0 bridgehead atoms.